The van der Waals surface area contributed by atoms with Crippen molar-refractivity contribution in [2.45, 2.75) is 9.79 Å². The number of aliphatic hydroxyl groups excluding tert-OH is 2. The average molecular weight is 1050 g/mol. The number of ether oxygens (including phenoxy) is 2. The molecule has 0 fully saturated rings. The van der Waals surface area contributed by atoms with Gasteiger partial charge in [0, 0.05) is 10.8 Å². The van der Waals surface area contributed by atoms with Crippen molar-refractivity contribution in [3.8, 4) is 45.6 Å². The molecule has 0 bridgehead atoms. The van der Waals surface area contributed by atoms with Crippen molar-refractivity contribution in [3.63, 3.8) is 0 Å². The number of aliphatic imine (C=N–C) groups is 2. The summed E-state index contributed by atoms with van der Waals surface area (Å²) in [4.78, 5) is 7.31. The van der Waals surface area contributed by atoms with Gasteiger partial charge in [0.2, 0.25) is 11.8 Å². The Kier molecular flexibility index (Phi) is 13.7. The number of phenolic OH excluding ortho intramolecular Hbond substituents is 4. The van der Waals surface area contributed by atoms with E-state index in [1.165, 1.54) is 38.5 Å². The Balaban J connectivity index is 1.11. The predicted molar refractivity (Wildman–Crippen MR) is 268 cm³/mol. The minimum atomic E-state index is -4.76. The summed E-state index contributed by atoms with van der Waals surface area (Å²) in [5, 5.41) is 83.3. The number of azo groups is 2. The van der Waals surface area contributed by atoms with Crippen LogP contribution < -0.4 is 9.47 Å². The van der Waals surface area contributed by atoms with Crippen molar-refractivity contribution >= 4 is 111 Å². The van der Waals surface area contributed by atoms with E-state index < -0.39 is 86.2 Å². The second-order valence-corrected chi connectivity index (χ2v) is 18.9. The number of halogens is 2. The molecule has 8 rings (SSSR count). The van der Waals surface area contributed by atoms with Crippen molar-refractivity contribution in [2.75, 3.05) is 14.2 Å². The normalized spacial score (nSPS) is 12.6. The van der Waals surface area contributed by atoms with Gasteiger partial charge in [-0.05, 0) is 82.6 Å². The van der Waals surface area contributed by atoms with Gasteiger partial charge < -0.3 is 40.1 Å². The number of hydrogen-bond acceptors (Lipinski definition) is 16. The van der Waals surface area contributed by atoms with E-state index in [0.29, 0.717) is 32.7 Å². The van der Waals surface area contributed by atoms with E-state index in [9.17, 15) is 56.6 Å². The van der Waals surface area contributed by atoms with Gasteiger partial charge in [0.25, 0.3) is 20.2 Å². The number of fused-ring (bicyclic) bond motifs is 2. The highest BCUT2D eigenvalue weighted by atomic mass is 35.5. The van der Waals surface area contributed by atoms with E-state index >= 15 is 0 Å². The Morgan fingerprint density at radius 3 is 1.21 bits per heavy atom. The molecular formula is C48H34Cl2N6O14S2. The zero-order valence-electron chi connectivity index (χ0n) is 36.8. The molecule has 8 N–H and O–H groups in total. The second-order valence-electron chi connectivity index (χ2n) is 15.2. The summed E-state index contributed by atoms with van der Waals surface area (Å²) < 4.78 is 77.5. The molecule has 0 aliphatic carbocycles. The Morgan fingerprint density at radius 1 is 0.472 bits per heavy atom. The Morgan fingerprint density at radius 2 is 0.847 bits per heavy atom. The largest absolute Gasteiger partial charge is 0.505 e. The lowest BCUT2D eigenvalue weighted by Gasteiger charge is -2.13. The molecule has 72 heavy (non-hydrogen) atoms. The molecule has 24 heteroatoms. The molecule has 0 atom stereocenters. The van der Waals surface area contributed by atoms with Crippen LogP contribution in [0.4, 0.5) is 34.1 Å². The Hall–Kier alpha value is -8.38. The first-order chi connectivity index (χ1) is 34.2. The zero-order valence-corrected chi connectivity index (χ0v) is 40.0. The van der Waals surface area contributed by atoms with Crippen LogP contribution in [0.5, 0.6) is 34.5 Å². The monoisotopic (exact) mass is 1050 g/mol. The third kappa shape index (κ3) is 10.1. The molecule has 20 nitrogen and oxygen atoms in total. The maximum Gasteiger partial charge on any atom is 0.294 e. The topological polar surface area (TPSA) is 323 Å². The molecule has 0 heterocycles. The predicted octanol–water partition coefficient (Wildman–Crippen LogP) is 12.4. The molecule has 8 aromatic rings. The highest BCUT2D eigenvalue weighted by Crippen LogP contribution is 2.45. The zero-order chi connectivity index (χ0) is 51.8. The molecule has 0 aliphatic rings. The van der Waals surface area contributed by atoms with E-state index in [1.54, 1.807) is 72.8 Å². The van der Waals surface area contributed by atoms with Gasteiger partial charge in [0.1, 0.15) is 45.6 Å². The van der Waals surface area contributed by atoms with Gasteiger partial charge in [0.15, 0.2) is 23.0 Å². The molecule has 0 saturated heterocycles. The summed E-state index contributed by atoms with van der Waals surface area (Å²) in [6.07, 6.45) is 0. The van der Waals surface area contributed by atoms with Crippen molar-refractivity contribution in [3.05, 3.63) is 142 Å². The molecule has 0 amide bonds. The van der Waals surface area contributed by atoms with Crippen LogP contribution in [0.2, 0.25) is 10.0 Å². The summed E-state index contributed by atoms with van der Waals surface area (Å²) in [6, 6.07) is 28.9. The Labute approximate surface area is 417 Å². The summed E-state index contributed by atoms with van der Waals surface area (Å²) >= 11 is 11.9. The number of methoxy groups -OCH3 is 2. The molecule has 0 aliphatic heterocycles. The van der Waals surface area contributed by atoms with E-state index in [0.717, 1.165) is 24.3 Å². The van der Waals surface area contributed by atoms with Gasteiger partial charge in [0.05, 0.1) is 45.2 Å². The number of aromatic hydroxyl groups is 4. The number of nitrogens with zero attached hydrogens (tertiary/aromatic N) is 6. The van der Waals surface area contributed by atoms with Crippen LogP contribution in [-0.2, 0) is 20.2 Å². The number of hydrogen-bond donors (Lipinski definition) is 8. The number of rotatable bonds is 13. The fourth-order valence-corrected chi connectivity index (χ4v) is 8.82. The van der Waals surface area contributed by atoms with Gasteiger partial charge in [-0.3, -0.25) is 9.11 Å². The van der Waals surface area contributed by atoms with Crippen LogP contribution in [0.3, 0.4) is 0 Å². The second kappa shape index (κ2) is 19.8. The highest BCUT2D eigenvalue weighted by molar-refractivity contribution is 7.86. The van der Waals surface area contributed by atoms with Crippen molar-refractivity contribution < 1.29 is 66.1 Å². The Bertz CT molecular complexity index is 3660. The maximum atomic E-state index is 11.8. The van der Waals surface area contributed by atoms with Gasteiger partial charge in [-0.2, -0.15) is 16.8 Å². The molecule has 366 valence electrons. The summed E-state index contributed by atoms with van der Waals surface area (Å²) in [7, 11) is -6.77. The van der Waals surface area contributed by atoms with E-state index in [-0.39, 0.29) is 45.4 Å². The minimum absolute atomic E-state index is 0.121. The van der Waals surface area contributed by atoms with Crippen LogP contribution in [0.15, 0.2) is 162 Å². The van der Waals surface area contributed by atoms with Gasteiger partial charge in [-0.25, -0.2) is 9.98 Å². The van der Waals surface area contributed by atoms with Crippen LogP contribution in [-0.4, -0.2) is 82.6 Å². The standard InChI is InChI=1S/C48H34Cl2N6O14S2/c1-69-39-17-23(11-13-35(39)51-47(61)31-15-25-7-3-5-9-29(25)41(43(31)57)55-53-37-21-27(71(63,64)65)19-33(49)45(37)59)24-12-14-36(40(18-24)70-2)52-48(62)32-16-26-8-4-6-10-30(26)42(44(32)58)56-54-38-22-28(72(66,67)68)20-34(50)46(38)60/h3-22,57-60H,1-2H3,(H,51,61)(H,52,62)(H,63,64,65)(H,66,67,68). The fourth-order valence-electron chi connectivity index (χ4n) is 7.20. The average Bonchev–Trinajstić information content (AvgIpc) is 3.34. The molecule has 0 spiro atoms. The van der Waals surface area contributed by atoms with Crippen LogP contribution >= 0.6 is 23.2 Å². The number of benzene rings is 8. The van der Waals surface area contributed by atoms with E-state index in [1.807, 2.05) is 0 Å². The summed E-state index contributed by atoms with van der Waals surface area (Å²) in [5.41, 5.74) is -0.323. The number of phenols is 4. The maximum absolute atomic E-state index is 11.8. The molecule has 0 aromatic heterocycles. The SMILES string of the molecule is COc1cc(-c2ccc(N=C(O)c3cc4ccccc4c(N=Nc4cc(S(=O)(=O)O)cc(Cl)c4O)c3O)c(OC)c2)ccc1N=C(O)c1cc2ccccc2c(N=Nc2cc(S(=O)(=O)O)cc(Cl)c2O)c1O. The van der Waals surface area contributed by atoms with Crippen LogP contribution in [0.1, 0.15) is 11.1 Å². The van der Waals surface area contributed by atoms with E-state index in [4.69, 9.17) is 32.7 Å². The quantitative estimate of drug-likeness (QED) is 0.0230. The summed E-state index contributed by atoms with van der Waals surface area (Å²) in [5.74, 6) is -3.51. The third-order valence-electron chi connectivity index (χ3n) is 10.8. The molecule has 0 unspecified atom stereocenters. The third-order valence-corrected chi connectivity index (χ3v) is 13.0. The highest BCUT2D eigenvalue weighted by Gasteiger charge is 2.23. The van der Waals surface area contributed by atoms with Crippen molar-refractivity contribution in [1.29, 1.82) is 0 Å². The lowest BCUT2D eigenvalue weighted by molar-refractivity contribution is 0.415. The molecule has 0 saturated carbocycles. The first-order valence-corrected chi connectivity index (χ1v) is 24.1. The summed E-state index contributed by atoms with van der Waals surface area (Å²) in [6.45, 7) is 0. The van der Waals surface area contributed by atoms with Crippen molar-refractivity contribution in [1.82, 2.24) is 0 Å². The van der Waals surface area contributed by atoms with Gasteiger partial charge in [-0.15, -0.1) is 20.5 Å². The van der Waals surface area contributed by atoms with Crippen LogP contribution in [0, 0.1) is 0 Å². The molecule has 8 aromatic carbocycles. The van der Waals surface area contributed by atoms with Gasteiger partial charge in [-0.1, -0.05) is 83.9 Å². The van der Waals surface area contributed by atoms with Crippen LogP contribution in [0.25, 0.3) is 32.7 Å². The minimum Gasteiger partial charge on any atom is -0.505 e. The molecular weight excluding hydrogens is 1020 g/mol. The first kappa shape index (κ1) is 50.0. The first-order valence-electron chi connectivity index (χ1n) is 20.4. The van der Waals surface area contributed by atoms with Gasteiger partial charge >= 0.3 is 0 Å². The smallest absolute Gasteiger partial charge is 0.294 e. The number of aliphatic hydroxyl groups is 2. The molecule has 0 radical (unpaired) electrons. The lowest BCUT2D eigenvalue weighted by atomic mass is 10.0. The van der Waals surface area contributed by atoms with E-state index in [2.05, 4.69) is 30.4 Å². The van der Waals surface area contributed by atoms with Crippen molar-refractivity contribution in [2.24, 2.45) is 30.4 Å². The lowest BCUT2D eigenvalue weighted by Crippen LogP contribution is -2.00. The fraction of sp³-hybridized carbons (Fsp3) is 0.0417.